The second kappa shape index (κ2) is 7.72. The summed E-state index contributed by atoms with van der Waals surface area (Å²) in [7, 11) is 1.63. The van der Waals surface area contributed by atoms with Crippen molar-refractivity contribution in [1.29, 1.82) is 0 Å². The van der Waals surface area contributed by atoms with Crippen LogP contribution in [-0.4, -0.2) is 47.3 Å². The Morgan fingerprint density at radius 3 is 2.46 bits per heavy atom. The minimum Gasteiger partial charge on any atom is -0.481 e. The molecule has 1 atom stereocenters. The summed E-state index contributed by atoms with van der Waals surface area (Å²) in [5, 5.41) is 10.9. The van der Waals surface area contributed by atoms with E-state index < -0.39 is 5.97 Å². The topological polar surface area (TPSA) is 104 Å². The van der Waals surface area contributed by atoms with E-state index in [4.69, 9.17) is 5.11 Å². The zero-order chi connectivity index (χ0) is 17.7. The van der Waals surface area contributed by atoms with Crippen molar-refractivity contribution in [2.45, 2.75) is 25.7 Å². The summed E-state index contributed by atoms with van der Waals surface area (Å²) in [6.07, 6.45) is 1.09. The molecule has 7 heteroatoms. The first-order valence-corrected chi connectivity index (χ1v) is 7.76. The number of rotatable bonds is 7. The molecule has 128 valence electrons. The largest absolute Gasteiger partial charge is 0.481 e. The number of carbonyl (C=O) groups excluding carboxylic acids is 3. The molecule has 1 fully saturated rings. The maximum atomic E-state index is 12.2. The van der Waals surface area contributed by atoms with Crippen LogP contribution in [0.1, 0.15) is 35.2 Å². The van der Waals surface area contributed by atoms with Crippen molar-refractivity contribution >= 4 is 23.7 Å². The molecule has 24 heavy (non-hydrogen) atoms. The molecule has 1 heterocycles. The zero-order valence-electron chi connectivity index (χ0n) is 13.4. The van der Waals surface area contributed by atoms with E-state index in [1.807, 2.05) is 0 Å². The van der Waals surface area contributed by atoms with Crippen molar-refractivity contribution in [3.05, 3.63) is 35.4 Å². The third-order valence-electron chi connectivity index (χ3n) is 3.98. The Balaban J connectivity index is 1.91. The number of carboxylic acids is 1. The van der Waals surface area contributed by atoms with E-state index in [9.17, 15) is 19.2 Å². The molecule has 1 aromatic carbocycles. The SMILES string of the molecule is CN(CCCC(=O)O)C(=O)c1ccc(CC2CC(=O)NC2=O)cc1. The maximum Gasteiger partial charge on any atom is 0.303 e. The summed E-state index contributed by atoms with van der Waals surface area (Å²) in [5.41, 5.74) is 1.39. The standard InChI is InChI=1S/C17H20N2O5/c1-19(8-2-3-15(21)22)17(24)12-6-4-11(5-7-12)9-13-10-14(20)18-16(13)23/h4-7,13H,2-3,8-10H2,1H3,(H,21,22)(H,18,20,23). The second-order valence-corrected chi connectivity index (χ2v) is 5.94. The average molecular weight is 332 g/mol. The first-order chi connectivity index (χ1) is 11.4. The van der Waals surface area contributed by atoms with Gasteiger partial charge in [0.15, 0.2) is 0 Å². The van der Waals surface area contributed by atoms with Crippen LogP contribution >= 0.6 is 0 Å². The third kappa shape index (κ3) is 4.65. The fraction of sp³-hybridized carbons (Fsp3) is 0.412. The predicted molar refractivity (Wildman–Crippen MR) is 85.2 cm³/mol. The molecule has 1 aliphatic heterocycles. The Kier molecular flexibility index (Phi) is 5.68. The highest BCUT2D eigenvalue weighted by molar-refractivity contribution is 6.03. The summed E-state index contributed by atoms with van der Waals surface area (Å²) in [4.78, 5) is 47.0. The van der Waals surface area contributed by atoms with Crippen molar-refractivity contribution < 1.29 is 24.3 Å². The first kappa shape index (κ1) is 17.7. The van der Waals surface area contributed by atoms with Crippen LogP contribution in [0.4, 0.5) is 0 Å². The number of benzene rings is 1. The fourth-order valence-electron chi connectivity index (χ4n) is 2.63. The molecule has 0 bridgehead atoms. The molecular formula is C17H20N2O5. The van der Waals surface area contributed by atoms with Crippen molar-refractivity contribution in [2.24, 2.45) is 5.92 Å². The number of carboxylic acid groups (broad SMARTS) is 1. The lowest BCUT2D eigenvalue weighted by molar-refractivity contribution is -0.137. The first-order valence-electron chi connectivity index (χ1n) is 7.76. The molecule has 2 rings (SSSR count). The van der Waals surface area contributed by atoms with Crippen molar-refractivity contribution in [2.75, 3.05) is 13.6 Å². The van der Waals surface area contributed by atoms with Crippen LogP contribution in [0, 0.1) is 5.92 Å². The van der Waals surface area contributed by atoms with Gasteiger partial charge in [-0.2, -0.15) is 0 Å². The lowest BCUT2D eigenvalue weighted by Crippen LogP contribution is -2.28. The molecule has 1 aliphatic rings. The van der Waals surface area contributed by atoms with Gasteiger partial charge in [-0.05, 0) is 30.5 Å². The Morgan fingerprint density at radius 1 is 1.25 bits per heavy atom. The molecular weight excluding hydrogens is 312 g/mol. The molecule has 0 saturated carbocycles. The molecule has 1 unspecified atom stereocenters. The van der Waals surface area contributed by atoms with Gasteiger partial charge in [0.25, 0.3) is 5.91 Å². The van der Waals surface area contributed by atoms with Gasteiger partial charge in [0.05, 0.1) is 5.92 Å². The van der Waals surface area contributed by atoms with E-state index in [1.54, 1.807) is 31.3 Å². The molecule has 0 aromatic heterocycles. The van der Waals surface area contributed by atoms with E-state index in [1.165, 1.54) is 4.90 Å². The number of aliphatic carboxylic acids is 1. The normalized spacial score (nSPS) is 16.8. The predicted octanol–water partition coefficient (Wildman–Crippen LogP) is 0.829. The lowest BCUT2D eigenvalue weighted by atomic mass is 9.97. The van der Waals surface area contributed by atoms with Crippen LogP contribution in [0.15, 0.2) is 24.3 Å². The molecule has 2 N–H and O–H groups in total. The minimum atomic E-state index is -0.880. The highest BCUT2D eigenvalue weighted by Crippen LogP contribution is 2.18. The van der Waals surface area contributed by atoms with Gasteiger partial charge in [-0.15, -0.1) is 0 Å². The van der Waals surface area contributed by atoms with E-state index in [0.717, 1.165) is 5.56 Å². The Labute approximate surface area is 139 Å². The highest BCUT2D eigenvalue weighted by atomic mass is 16.4. The van der Waals surface area contributed by atoms with Gasteiger partial charge in [-0.25, -0.2) is 0 Å². The summed E-state index contributed by atoms with van der Waals surface area (Å²) in [6.45, 7) is 0.372. The number of nitrogens with one attached hydrogen (secondary N) is 1. The van der Waals surface area contributed by atoms with E-state index in [2.05, 4.69) is 5.32 Å². The van der Waals surface area contributed by atoms with Gasteiger partial charge in [-0.3, -0.25) is 24.5 Å². The van der Waals surface area contributed by atoms with E-state index in [-0.39, 0.29) is 36.5 Å². The summed E-state index contributed by atoms with van der Waals surface area (Å²) >= 11 is 0. The van der Waals surface area contributed by atoms with Crippen LogP contribution in [0.2, 0.25) is 0 Å². The van der Waals surface area contributed by atoms with Crippen molar-refractivity contribution in [3.63, 3.8) is 0 Å². The molecule has 3 amide bonds. The van der Waals surface area contributed by atoms with Crippen molar-refractivity contribution in [3.8, 4) is 0 Å². The number of imide groups is 1. The fourth-order valence-corrected chi connectivity index (χ4v) is 2.63. The number of carbonyl (C=O) groups is 4. The van der Waals surface area contributed by atoms with Crippen LogP contribution in [0.5, 0.6) is 0 Å². The van der Waals surface area contributed by atoms with Crippen molar-refractivity contribution in [1.82, 2.24) is 10.2 Å². The quantitative estimate of drug-likeness (QED) is 0.720. The summed E-state index contributed by atoms with van der Waals surface area (Å²) in [5.74, 6) is -1.91. The number of hydrogen-bond donors (Lipinski definition) is 2. The molecule has 0 radical (unpaired) electrons. The highest BCUT2D eigenvalue weighted by Gasteiger charge is 2.30. The maximum absolute atomic E-state index is 12.2. The van der Waals surface area contributed by atoms with Crippen LogP contribution < -0.4 is 5.32 Å². The Morgan fingerprint density at radius 2 is 1.92 bits per heavy atom. The minimum absolute atomic E-state index is 0.0265. The van der Waals surface area contributed by atoms with E-state index in [0.29, 0.717) is 24.9 Å². The lowest BCUT2D eigenvalue weighted by Gasteiger charge is -2.17. The molecule has 1 saturated heterocycles. The Bertz CT molecular complexity index is 653. The molecule has 0 spiro atoms. The van der Waals surface area contributed by atoms with E-state index >= 15 is 0 Å². The smallest absolute Gasteiger partial charge is 0.303 e. The van der Waals surface area contributed by atoms with Gasteiger partial charge >= 0.3 is 5.97 Å². The average Bonchev–Trinajstić information content (AvgIpc) is 2.84. The van der Waals surface area contributed by atoms with Gasteiger partial charge in [0.1, 0.15) is 0 Å². The monoisotopic (exact) mass is 332 g/mol. The number of nitrogens with zero attached hydrogens (tertiary/aromatic N) is 1. The number of hydrogen-bond acceptors (Lipinski definition) is 4. The van der Waals surface area contributed by atoms with Gasteiger partial charge in [0.2, 0.25) is 11.8 Å². The Hall–Kier alpha value is -2.70. The molecule has 0 aliphatic carbocycles. The summed E-state index contributed by atoms with van der Waals surface area (Å²) in [6, 6.07) is 6.91. The molecule has 7 nitrogen and oxygen atoms in total. The summed E-state index contributed by atoms with van der Waals surface area (Å²) < 4.78 is 0. The third-order valence-corrected chi connectivity index (χ3v) is 3.98. The molecule has 1 aromatic rings. The van der Waals surface area contributed by atoms with Crippen LogP contribution in [0.25, 0.3) is 0 Å². The van der Waals surface area contributed by atoms with Gasteiger partial charge in [-0.1, -0.05) is 12.1 Å². The van der Waals surface area contributed by atoms with Gasteiger partial charge < -0.3 is 10.0 Å². The van der Waals surface area contributed by atoms with Crippen LogP contribution in [-0.2, 0) is 20.8 Å². The van der Waals surface area contributed by atoms with Gasteiger partial charge in [0, 0.05) is 32.0 Å². The second-order valence-electron chi connectivity index (χ2n) is 5.94. The zero-order valence-corrected chi connectivity index (χ0v) is 13.4. The van der Waals surface area contributed by atoms with Crippen LogP contribution in [0.3, 0.4) is 0 Å². The number of amides is 3.